The van der Waals surface area contributed by atoms with Crippen LogP contribution in [-0.4, -0.2) is 66.1 Å². The van der Waals surface area contributed by atoms with Crippen molar-refractivity contribution in [3.8, 4) is 0 Å². The molecule has 4 nitrogen and oxygen atoms in total. The zero-order valence-corrected chi connectivity index (χ0v) is 14.0. The number of hydrogen-bond donors (Lipinski definition) is 1. The lowest BCUT2D eigenvalue weighted by Gasteiger charge is -2.43. The number of hydrogen-bond acceptors (Lipinski definition) is 4. The van der Waals surface area contributed by atoms with Crippen molar-refractivity contribution in [3.05, 3.63) is 0 Å². The van der Waals surface area contributed by atoms with E-state index >= 15 is 0 Å². The highest BCUT2D eigenvalue weighted by molar-refractivity contribution is 5.60. The maximum Gasteiger partial charge on any atom is 0.127 e. The lowest BCUT2D eigenvalue weighted by molar-refractivity contribution is -0.120. The van der Waals surface area contributed by atoms with Crippen molar-refractivity contribution in [2.45, 2.75) is 52.1 Å². The first-order chi connectivity index (χ1) is 9.82. The summed E-state index contributed by atoms with van der Waals surface area (Å²) in [7, 11) is 0. The molecule has 1 N–H and O–H groups in total. The van der Waals surface area contributed by atoms with Crippen molar-refractivity contribution < 1.29 is 9.90 Å². The number of carbonyl (C=O) groups is 1. The van der Waals surface area contributed by atoms with E-state index in [9.17, 15) is 9.90 Å². The molecule has 2 unspecified atom stereocenters. The molecular formula is C17H32N2O2. The van der Waals surface area contributed by atoms with Crippen molar-refractivity contribution in [1.29, 1.82) is 0 Å². The van der Waals surface area contributed by atoms with Crippen LogP contribution in [0.25, 0.3) is 0 Å². The van der Waals surface area contributed by atoms with Gasteiger partial charge in [-0.2, -0.15) is 0 Å². The van der Waals surface area contributed by atoms with Crippen molar-refractivity contribution >= 4 is 6.29 Å². The van der Waals surface area contributed by atoms with Crippen LogP contribution in [0.2, 0.25) is 0 Å². The molecule has 0 radical (unpaired) electrons. The molecule has 0 spiro atoms. The monoisotopic (exact) mass is 296 g/mol. The molecule has 0 bridgehead atoms. The Morgan fingerprint density at radius 2 is 1.86 bits per heavy atom. The van der Waals surface area contributed by atoms with Gasteiger partial charge in [-0.3, -0.25) is 9.80 Å². The van der Waals surface area contributed by atoms with Crippen molar-refractivity contribution in [1.82, 2.24) is 9.80 Å². The summed E-state index contributed by atoms with van der Waals surface area (Å²) in [5.74, 6) is 0.681. The third-order valence-electron chi connectivity index (χ3n) is 4.99. The second-order valence-electron chi connectivity index (χ2n) is 8.05. The lowest BCUT2D eigenvalue weighted by atomic mass is 9.70. The van der Waals surface area contributed by atoms with E-state index in [1.165, 1.54) is 19.1 Å². The summed E-state index contributed by atoms with van der Waals surface area (Å²) < 4.78 is 0. The van der Waals surface area contributed by atoms with Crippen LogP contribution in [0.4, 0.5) is 0 Å². The largest absolute Gasteiger partial charge is 0.389 e. The smallest absolute Gasteiger partial charge is 0.127 e. The molecule has 0 amide bonds. The van der Waals surface area contributed by atoms with Crippen LogP contribution in [0.3, 0.4) is 0 Å². The van der Waals surface area contributed by atoms with E-state index in [4.69, 9.17) is 0 Å². The first-order valence-electron chi connectivity index (χ1n) is 8.45. The molecule has 2 aliphatic rings. The topological polar surface area (TPSA) is 43.8 Å². The molecule has 2 atom stereocenters. The highest BCUT2D eigenvalue weighted by atomic mass is 16.3. The zero-order chi connectivity index (χ0) is 15.5. The van der Waals surface area contributed by atoms with E-state index in [0.29, 0.717) is 5.92 Å². The average Bonchev–Trinajstić information content (AvgIpc) is 2.39. The number of carbonyl (C=O) groups excluding carboxylic acids is 1. The van der Waals surface area contributed by atoms with Gasteiger partial charge in [-0.05, 0) is 32.6 Å². The SMILES string of the molecule is CC1CCCC(C=O)(CN2CCN(CC(C)(C)O)CC2)C1. The van der Waals surface area contributed by atoms with E-state index in [-0.39, 0.29) is 5.41 Å². The summed E-state index contributed by atoms with van der Waals surface area (Å²) >= 11 is 0. The van der Waals surface area contributed by atoms with Gasteiger partial charge in [-0.15, -0.1) is 0 Å². The molecule has 4 heteroatoms. The van der Waals surface area contributed by atoms with Gasteiger partial charge in [0, 0.05) is 44.7 Å². The summed E-state index contributed by atoms with van der Waals surface area (Å²) in [6, 6.07) is 0. The Morgan fingerprint density at radius 1 is 1.24 bits per heavy atom. The van der Waals surface area contributed by atoms with Gasteiger partial charge in [0.05, 0.1) is 5.60 Å². The highest BCUT2D eigenvalue weighted by Crippen LogP contribution is 2.38. The summed E-state index contributed by atoms with van der Waals surface area (Å²) in [6.45, 7) is 11.7. The molecular weight excluding hydrogens is 264 g/mol. The summed E-state index contributed by atoms with van der Waals surface area (Å²) in [5.41, 5.74) is -0.721. The first-order valence-corrected chi connectivity index (χ1v) is 8.45. The summed E-state index contributed by atoms with van der Waals surface area (Å²) in [4.78, 5) is 16.5. The minimum absolute atomic E-state index is 0.101. The fourth-order valence-electron chi connectivity index (χ4n) is 4.09. The fraction of sp³-hybridized carbons (Fsp3) is 0.941. The highest BCUT2D eigenvalue weighted by Gasteiger charge is 2.37. The van der Waals surface area contributed by atoms with Gasteiger partial charge in [0.15, 0.2) is 0 Å². The minimum atomic E-state index is -0.620. The third-order valence-corrected chi connectivity index (χ3v) is 4.99. The Bertz CT molecular complexity index is 345. The Hall–Kier alpha value is -0.450. The number of nitrogens with zero attached hydrogens (tertiary/aromatic N) is 2. The molecule has 2 fully saturated rings. The van der Waals surface area contributed by atoms with Crippen molar-refractivity contribution in [2.75, 3.05) is 39.3 Å². The molecule has 1 aliphatic carbocycles. The Labute approximate surface area is 129 Å². The van der Waals surface area contributed by atoms with Crippen molar-refractivity contribution in [2.24, 2.45) is 11.3 Å². The minimum Gasteiger partial charge on any atom is -0.389 e. The number of β-amino-alcohol motifs (C(OH)–C–C–N with tert-alkyl or cyclic N) is 1. The normalized spacial score (nSPS) is 33.0. The van der Waals surface area contributed by atoms with E-state index in [1.807, 2.05) is 13.8 Å². The second kappa shape index (κ2) is 6.76. The molecule has 21 heavy (non-hydrogen) atoms. The van der Waals surface area contributed by atoms with Crippen LogP contribution in [0.1, 0.15) is 46.5 Å². The molecule has 0 aromatic heterocycles. The van der Waals surface area contributed by atoms with Crippen LogP contribution >= 0.6 is 0 Å². The molecule has 1 saturated heterocycles. The number of aldehydes is 1. The number of aliphatic hydroxyl groups is 1. The van der Waals surface area contributed by atoms with Gasteiger partial charge in [0.1, 0.15) is 6.29 Å². The Balaban J connectivity index is 1.83. The van der Waals surface area contributed by atoms with Gasteiger partial charge in [0.2, 0.25) is 0 Å². The molecule has 1 heterocycles. The van der Waals surface area contributed by atoms with Crippen LogP contribution in [0, 0.1) is 11.3 Å². The van der Waals surface area contributed by atoms with Gasteiger partial charge >= 0.3 is 0 Å². The summed E-state index contributed by atoms with van der Waals surface area (Å²) in [6.07, 6.45) is 5.82. The van der Waals surface area contributed by atoms with Gasteiger partial charge < -0.3 is 9.90 Å². The molecule has 1 saturated carbocycles. The third kappa shape index (κ3) is 5.04. The zero-order valence-electron chi connectivity index (χ0n) is 14.0. The van der Waals surface area contributed by atoms with Gasteiger partial charge in [-0.1, -0.05) is 19.8 Å². The standard InChI is InChI=1S/C17H32N2O2/c1-15-5-4-6-17(11-15,14-20)13-19-9-7-18(8-10-19)12-16(2,3)21/h14-15,21H,4-13H2,1-3H3. The van der Waals surface area contributed by atoms with Crippen LogP contribution in [0.15, 0.2) is 0 Å². The number of rotatable bonds is 5. The fourth-order valence-corrected chi connectivity index (χ4v) is 4.09. The van der Waals surface area contributed by atoms with Crippen molar-refractivity contribution in [3.63, 3.8) is 0 Å². The van der Waals surface area contributed by atoms with E-state index in [0.717, 1.165) is 52.1 Å². The maximum atomic E-state index is 11.7. The second-order valence-corrected chi connectivity index (χ2v) is 8.05. The van der Waals surface area contributed by atoms with Gasteiger partial charge in [0.25, 0.3) is 0 Å². The predicted octanol–water partition coefficient (Wildman–Crippen LogP) is 1.77. The van der Waals surface area contributed by atoms with Gasteiger partial charge in [-0.25, -0.2) is 0 Å². The van der Waals surface area contributed by atoms with E-state index in [2.05, 4.69) is 16.7 Å². The molecule has 0 aromatic rings. The van der Waals surface area contributed by atoms with Crippen LogP contribution < -0.4 is 0 Å². The molecule has 1 aliphatic heterocycles. The number of piperazine rings is 1. The van der Waals surface area contributed by atoms with E-state index < -0.39 is 5.60 Å². The maximum absolute atomic E-state index is 11.7. The Kier molecular flexibility index (Phi) is 5.44. The predicted molar refractivity (Wildman–Crippen MR) is 85.3 cm³/mol. The van der Waals surface area contributed by atoms with Crippen LogP contribution in [0.5, 0.6) is 0 Å². The first kappa shape index (κ1) is 16.9. The molecule has 2 rings (SSSR count). The average molecular weight is 296 g/mol. The van der Waals surface area contributed by atoms with E-state index in [1.54, 1.807) is 0 Å². The molecule has 122 valence electrons. The molecule has 0 aromatic carbocycles. The Morgan fingerprint density at radius 3 is 2.38 bits per heavy atom. The summed E-state index contributed by atoms with van der Waals surface area (Å²) in [5, 5.41) is 9.90. The quantitative estimate of drug-likeness (QED) is 0.785. The lowest BCUT2D eigenvalue weighted by Crippen LogP contribution is -2.53. The van der Waals surface area contributed by atoms with Crippen LogP contribution in [-0.2, 0) is 4.79 Å².